The summed E-state index contributed by atoms with van der Waals surface area (Å²) in [6, 6.07) is 8.12. The fourth-order valence-corrected chi connectivity index (χ4v) is 2.38. The maximum atomic E-state index is 11.4. The van der Waals surface area contributed by atoms with Crippen LogP contribution in [0.25, 0.3) is 0 Å². The summed E-state index contributed by atoms with van der Waals surface area (Å²) in [6.07, 6.45) is 0.982. The van der Waals surface area contributed by atoms with Crippen molar-refractivity contribution < 1.29 is 9.59 Å². The number of thioether (sulfide) groups is 1. The van der Waals surface area contributed by atoms with Crippen molar-refractivity contribution in [3.8, 4) is 0 Å². The Labute approximate surface area is 98.8 Å². The van der Waals surface area contributed by atoms with Crippen molar-refractivity contribution in [3.05, 3.63) is 35.4 Å². The maximum Gasteiger partial charge on any atom is 0.290 e. The molecule has 0 N–H and O–H groups in total. The summed E-state index contributed by atoms with van der Waals surface area (Å²) in [6.45, 7) is 2.87. The number of amides is 1. The standard InChI is InChI=1S/C12H13NO2S/c1-2-9-4-3-5-10(6-9)7-13-8-11(14)16-12(13)15/h3-6H,2,7-8H2,1H3. The van der Waals surface area contributed by atoms with Crippen molar-refractivity contribution >= 4 is 22.1 Å². The summed E-state index contributed by atoms with van der Waals surface area (Å²) in [5, 5.41) is -0.191. The molecule has 0 aliphatic carbocycles. The van der Waals surface area contributed by atoms with E-state index in [1.54, 1.807) is 4.90 Å². The van der Waals surface area contributed by atoms with Gasteiger partial charge in [-0.3, -0.25) is 9.59 Å². The Balaban J connectivity index is 2.09. The number of carbonyl (C=O) groups excluding carboxylic acids is 2. The van der Waals surface area contributed by atoms with Crippen molar-refractivity contribution in [1.82, 2.24) is 4.90 Å². The van der Waals surface area contributed by atoms with Crippen molar-refractivity contribution in [2.45, 2.75) is 19.9 Å². The van der Waals surface area contributed by atoms with E-state index in [0.29, 0.717) is 6.54 Å². The molecule has 1 aliphatic rings. The van der Waals surface area contributed by atoms with E-state index in [9.17, 15) is 9.59 Å². The molecule has 1 fully saturated rings. The minimum atomic E-state index is -0.132. The minimum absolute atomic E-state index is 0.0587. The zero-order chi connectivity index (χ0) is 11.5. The smallest absolute Gasteiger partial charge is 0.290 e. The van der Waals surface area contributed by atoms with Crippen LogP contribution in [0.3, 0.4) is 0 Å². The Bertz CT molecular complexity index is 431. The molecule has 84 valence electrons. The van der Waals surface area contributed by atoms with Crippen LogP contribution in [-0.2, 0) is 17.8 Å². The first kappa shape index (κ1) is 11.2. The molecule has 3 nitrogen and oxygen atoms in total. The molecule has 1 heterocycles. The lowest BCUT2D eigenvalue weighted by molar-refractivity contribution is -0.110. The highest BCUT2D eigenvalue weighted by atomic mass is 32.2. The van der Waals surface area contributed by atoms with Crippen LogP contribution in [0.2, 0.25) is 0 Å². The molecular formula is C12H13NO2S. The highest BCUT2D eigenvalue weighted by Crippen LogP contribution is 2.21. The first-order valence-electron chi connectivity index (χ1n) is 5.26. The predicted octanol–water partition coefficient (Wildman–Crippen LogP) is 2.44. The van der Waals surface area contributed by atoms with Crippen LogP contribution in [0.4, 0.5) is 4.79 Å². The zero-order valence-corrected chi connectivity index (χ0v) is 9.92. The number of carbonyl (C=O) groups is 2. The SMILES string of the molecule is CCc1cccc(CN2CC(=O)SC2=O)c1. The molecule has 0 aromatic heterocycles. The normalized spacial score (nSPS) is 15.9. The van der Waals surface area contributed by atoms with Gasteiger partial charge in [0.15, 0.2) is 0 Å². The van der Waals surface area contributed by atoms with E-state index in [2.05, 4.69) is 19.1 Å². The third kappa shape index (κ3) is 2.44. The van der Waals surface area contributed by atoms with Gasteiger partial charge in [-0.25, -0.2) is 0 Å². The lowest BCUT2D eigenvalue weighted by Gasteiger charge is -2.13. The summed E-state index contributed by atoms with van der Waals surface area (Å²) in [7, 11) is 0. The third-order valence-electron chi connectivity index (χ3n) is 2.55. The van der Waals surface area contributed by atoms with E-state index in [-0.39, 0.29) is 16.9 Å². The van der Waals surface area contributed by atoms with E-state index < -0.39 is 0 Å². The van der Waals surface area contributed by atoms with Crippen LogP contribution in [0.15, 0.2) is 24.3 Å². The van der Waals surface area contributed by atoms with Gasteiger partial charge in [0, 0.05) is 18.3 Å². The predicted molar refractivity (Wildman–Crippen MR) is 64.2 cm³/mol. The van der Waals surface area contributed by atoms with Gasteiger partial charge in [-0.1, -0.05) is 31.2 Å². The second-order valence-electron chi connectivity index (χ2n) is 3.77. The number of nitrogens with zero attached hydrogens (tertiary/aromatic N) is 1. The molecule has 1 aromatic rings. The minimum Gasteiger partial charge on any atom is -0.321 e. The lowest BCUT2D eigenvalue weighted by Crippen LogP contribution is -2.23. The van der Waals surface area contributed by atoms with Crippen molar-refractivity contribution in [2.24, 2.45) is 0 Å². The van der Waals surface area contributed by atoms with Crippen LogP contribution in [0.1, 0.15) is 18.1 Å². The summed E-state index contributed by atoms with van der Waals surface area (Å²) in [4.78, 5) is 24.1. The molecule has 1 aliphatic heterocycles. The second-order valence-corrected chi connectivity index (χ2v) is 4.78. The van der Waals surface area contributed by atoms with Crippen LogP contribution in [-0.4, -0.2) is 21.8 Å². The van der Waals surface area contributed by atoms with E-state index in [0.717, 1.165) is 23.7 Å². The summed E-state index contributed by atoms with van der Waals surface area (Å²) < 4.78 is 0. The molecule has 1 amide bonds. The Hall–Kier alpha value is -1.29. The number of benzene rings is 1. The average molecular weight is 235 g/mol. The monoisotopic (exact) mass is 235 g/mol. The number of rotatable bonds is 3. The molecule has 0 saturated carbocycles. The van der Waals surface area contributed by atoms with Crippen LogP contribution < -0.4 is 0 Å². The highest BCUT2D eigenvalue weighted by Gasteiger charge is 2.28. The van der Waals surface area contributed by atoms with Gasteiger partial charge < -0.3 is 4.90 Å². The molecule has 0 spiro atoms. The van der Waals surface area contributed by atoms with Crippen LogP contribution in [0, 0.1) is 0 Å². The quantitative estimate of drug-likeness (QED) is 0.807. The molecular weight excluding hydrogens is 222 g/mol. The molecule has 2 rings (SSSR count). The average Bonchev–Trinajstić information content (AvgIpc) is 2.58. The van der Waals surface area contributed by atoms with Gasteiger partial charge in [0.05, 0.1) is 6.54 Å². The Morgan fingerprint density at radius 2 is 2.06 bits per heavy atom. The van der Waals surface area contributed by atoms with E-state index >= 15 is 0 Å². The largest absolute Gasteiger partial charge is 0.321 e. The Morgan fingerprint density at radius 3 is 2.69 bits per heavy atom. The van der Waals surface area contributed by atoms with Crippen LogP contribution in [0.5, 0.6) is 0 Å². The topological polar surface area (TPSA) is 37.4 Å². The molecule has 0 atom stereocenters. The van der Waals surface area contributed by atoms with Gasteiger partial charge >= 0.3 is 0 Å². The maximum absolute atomic E-state index is 11.4. The fourth-order valence-electron chi connectivity index (χ4n) is 1.70. The molecule has 4 heteroatoms. The van der Waals surface area contributed by atoms with Gasteiger partial charge in [0.25, 0.3) is 5.24 Å². The second kappa shape index (κ2) is 4.70. The molecule has 0 bridgehead atoms. The van der Waals surface area contributed by atoms with E-state index in [1.807, 2.05) is 12.1 Å². The molecule has 0 unspecified atom stereocenters. The van der Waals surface area contributed by atoms with Crippen molar-refractivity contribution in [3.63, 3.8) is 0 Å². The van der Waals surface area contributed by atoms with Gasteiger partial charge in [0.1, 0.15) is 0 Å². The van der Waals surface area contributed by atoms with Gasteiger partial charge in [0.2, 0.25) is 5.12 Å². The summed E-state index contributed by atoms with van der Waals surface area (Å²) >= 11 is 0.806. The third-order valence-corrected chi connectivity index (χ3v) is 3.34. The van der Waals surface area contributed by atoms with Gasteiger partial charge in [-0.2, -0.15) is 0 Å². The number of hydrogen-bond acceptors (Lipinski definition) is 3. The van der Waals surface area contributed by atoms with E-state index in [1.165, 1.54) is 5.56 Å². The molecule has 1 aromatic carbocycles. The highest BCUT2D eigenvalue weighted by molar-refractivity contribution is 8.26. The first-order valence-corrected chi connectivity index (χ1v) is 6.08. The summed E-state index contributed by atoms with van der Waals surface area (Å²) in [5.74, 6) is 0. The number of hydrogen-bond donors (Lipinski definition) is 0. The molecule has 16 heavy (non-hydrogen) atoms. The molecule has 1 saturated heterocycles. The zero-order valence-electron chi connectivity index (χ0n) is 9.10. The summed E-state index contributed by atoms with van der Waals surface area (Å²) in [5.41, 5.74) is 2.34. The van der Waals surface area contributed by atoms with Crippen molar-refractivity contribution in [1.29, 1.82) is 0 Å². The Morgan fingerprint density at radius 1 is 1.31 bits per heavy atom. The molecule has 0 radical (unpaired) electrons. The first-order chi connectivity index (χ1) is 7.69. The van der Waals surface area contributed by atoms with E-state index in [4.69, 9.17) is 0 Å². The van der Waals surface area contributed by atoms with Gasteiger partial charge in [-0.15, -0.1) is 0 Å². The fraction of sp³-hybridized carbons (Fsp3) is 0.333. The van der Waals surface area contributed by atoms with Gasteiger partial charge in [-0.05, 0) is 17.5 Å². The Kier molecular flexibility index (Phi) is 3.29. The number of aryl methyl sites for hydroxylation is 1. The van der Waals surface area contributed by atoms with Crippen LogP contribution >= 0.6 is 11.8 Å². The van der Waals surface area contributed by atoms with Crippen molar-refractivity contribution in [2.75, 3.05) is 6.54 Å². The lowest BCUT2D eigenvalue weighted by atomic mass is 10.1.